The van der Waals surface area contributed by atoms with Crippen LogP contribution in [0.5, 0.6) is 0 Å². The predicted octanol–water partition coefficient (Wildman–Crippen LogP) is 0.0641. The van der Waals surface area contributed by atoms with Gasteiger partial charge in [-0.15, -0.1) is 0 Å². The molecule has 116 valence electrons. The lowest BCUT2D eigenvalue weighted by molar-refractivity contribution is 0.387. The maximum absolute atomic E-state index is 11.6. The first-order valence-corrected chi connectivity index (χ1v) is 8.57. The van der Waals surface area contributed by atoms with E-state index in [2.05, 4.69) is 4.98 Å². The number of pyridine rings is 1. The summed E-state index contributed by atoms with van der Waals surface area (Å²) in [6.45, 7) is 5.73. The van der Waals surface area contributed by atoms with Crippen molar-refractivity contribution in [1.82, 2.24) is 9.29 Å². The Bertz CT molecular complexity index is 663. The Balaban J connectivity index is 2.30. The highest BCUT2D eigenvalue weighted by Crippen LogP contribution is 2.23. The van der Waals surface area contributed by atoms with Crippen LogP contribution in [0.2, 0.25) is 0 Å². The van der Waals surface area contributed by atoms with Crippen LogP contribution < -0.4 is 10.6 Å². The number of nitrogens with one attached hydrogen (secondary N) is 1. The summed E-state index contributed by atoms with van der Waals surface area (Å²) in [6, 6.07) is 1.90. The first-order valence-electron chi connectivity index (χ1n) is 6.73. The highest BCUT2D eigenvalue weighted by atomic mass is 32.2. The zero-order valence-corrected chi connectivity index (χ0v) is 13.4. The molecule has 0 aliphatic carbocycles. The molecule has 1 saturated heterocycles. The molecule has 1 aliphatic heterocycles. The lowest BCUT2D eigenvalue weighted by Crippen LogP contribution is -2.49. The van der Waals surface area contributed by atoms with Crippen LogP contribution in [0.25, 0.3) is 0 Å². The number of aryl methyl sites for hydroxylation is 2. The van der Waals surface area contributed by atoms with Gasteiger partial charge in [0.2, 0.25) is 10.0 Å². The fraction of sp³-hybridized carbons (Fsp3) is 0.538. The molecule has 0 bridgehead atoms. The Morgan fingerprint density at radius 3 is 2.33 bits per heavy atom. The van der Waals surface area contributed by atoms with E-state index < -0.39 is 10.0 Å². The van der Waals surface area contributed by atoms with E-state index in [4.69, 9.17) is 11.1 Å². The van der Waals surface area contributed by atoms with Gasteiger partial charge in [0, 0.05) is 31.9 Å². The summed E-state index contributed by atoms with van der Waals surface area (Å²) in [6.07, 6.45) is 1.22. The Kier molecular flexibility index (Phi) is 4.20. The Morgan fingerprint density at radius 2 is 1.86 bits per heavy atom. The number of hydrogen-bond acceptors (Lipinski definition) is 5. The summed E-state index contributed by atoms with van der Waals surface area (Å²) in [5, 5.41) is 7.75. The van der Waals surface area contributed by atoms with Crippen LogP contribution in [-0.4, -0.2) is 56.0 Å². The van der Waals surface area contributed by atoms with Gasteiger partial charge in [-0.3, -0.25) is 5.41 Å². The third kappa shape index (κ3) is 3.33. The van der Waals surface area contributed by atoms with Gasteiger partial charge in [0.25, 0.3) is 0 Å². The molecule has 0 unspecified atom stereocenters. The number of rotatable bonds is 3. The number of sulfonamides is 1. The van der Waals surface area contributed by atoms with Gasteiger partial charge in [-0.05, 0) is 25.5 Å². The van der Waals surface area contributed by atoms with Crippen LogP contribution in [0.1, 0.15) is 16.8 Å². The van der Waals surface area contributed by atoms with Crippen LogP contribution in [0.3, 0.4) is 0 Å². The molecule has 2 rings (SSSR count). The molecular formula is C13H21N5O2S. The summed E-state index contributed by atoms with van der Waals surface area (Å²) < 4.78 is 24.6. The SMILES string of the molecule is Cc1cc(C)c(C(=N)N)c(N2CCN(S(C)(=O)=O)CC2)n1. The first-order chi connectivity index (χ1) is 9.70. The number of piperazine rings is 1. The zero-order valence-electron chi connectivity index (χ0n) is 12.5. The third-order valence-corrected chi connectivity index (χ3v) is 4.91. The number of nitrogens with two attached hydrogens (primary N) is 1. The summed E-state index contributed by atoms with van der Waals surface area (Å²) in [5.41, 5.74) is 8.08. The lowest BCUT2D eigenvalue weighted by Gasteiger charge is -2.35. The number of amidine groups is 1. The van der Waals surface area contributed by atoms with Crippen molar-refractivity contribution in [2.24, 2.45) is 5.73 Å². The number of anilines is 1. The standard InChI is InChI=1S/C13H21N5O2S/c1-9-8-10(2)16-13(11(9)12(14)15)17-4-6-18(7-5-17)21(3,19)20/h8H,4-7H2,1-3H3,(H3,14,15). The van der Waals surface area contributed by atoms with Crippen molar-refractivity contribution in [3.63, 3.8) is 0 Å². The third-order valence-electron chi connectivity index (χ3n) is 3.60. The summed E-state index contributed by atoms with van der Waals surface area (Å²) in [4.78, 5) is 6.50. The van der Waals surface area contributed by atoms with Gasteiger partial charge in [0.1, 0.15) is 11.7 Å². The summed E-state index contributed by atoms with van der Waals surface area (Å²) in [5.74, 6) is 0.661. The van der Waals surface area contributed by atoms with Crippen molar-refractivity contribution in [1.29, 1.82) is 5.41 Å². The van der Waals surface area contributed by atoms with Gasteiger partial charge in [-0.2, -0.15) is 4.31 Å². The molecule has 1 aromatic rings. The molecule has 1 aromatic heterocycles. The molecule has 1 fully saturated rings. The van der Waals surface area contributed by atoms with E-state index in [0.29, 0.717) is 37.6 Å². The average molecular weight is 311 g/mol. The number of nitrogen functional groups attached to an aromatic ring is 1. The van der Waals surface area contributed by atoms with Gasteiger partial charge in [0.05, 0.1) is 11.8 Å². The van der Waals surface area contributed by atoms with Crippen LogP contribution in [0, 0.1) is 19.3 Å². The van der Waals surface area contributed by atoms with Crippen molar-refractivity contribution in [3.8, 4) is 0 Å². The molecule has 0 radical (unpaired) electrons. The molecule has 1 aliphatic rings. The normalized spacial score (nSPS) is 17.0. The van der Waals surface area contributed by atoms with Crippen molar-refractivity contribution >= 4 is 21.7 Å². The topological polar surface area (TPSA) is 103 Å². The molecule has 3 N–H and O–H groups in total. The quantitative estimate of drug-likeness (QED) is 0.607. The van der Waals surface area contributed by atoms with Gasteiger partial charge in [0.15, 0.2) is 0 Å². The van der Waals surface area contributed by atoms with Gasteiger partial charge >= 0.3 is 0 Å². The Labute approximate surface area is 125 Å². The molecule has 21 heavy (non-hydrogen) atoms. The van der Waals surface area contributed by atoms with Crippen LogP contribution in [0.15, 0.2) is 6.07 Å². The monoisotopic (exact) mass is 311 g/mol. The minimum absolute atomic E-state index is 0.0134. The maximum Gasteiger partial charge on any atom is 0.211 e. The largest absolute Gasteiger partial charge is 0.384 e. The highest BCUT2D eigenvalue weighted by molar-refractivity contribution is 7.88. The second kappa shape index (κ2) is 5.61. The van der Waals surface area contributed by atoms with Gasteiger partial charge < -0.3 is 10.6 Å². The number of hydrogen-bond donors (Lipinski definition) is 2. The summed E-state index contributed by atoms with van der Waals surface area (Å²) in [7, 11) is -3.15. The average Bonchev–Trinajstić information content (AvgIpc) is 2.36. The van der Waals surface area contributed by atoms with Crippen molar-refractivity contribution in [2.75, 3.05) is 37.3 Å². The molecule has 0 amide bonds. The minimum Gasteiger partial charge on any atom is -0.384 e. The molecule has 0 aromatic carbocycles. The van der Waals surface area contributed by atoms with E-state index in [1.54, 1.807) is 0 Å². The van der Waals surface area contributed by atoms with E-state index in [-0.39, 0.29) is 5.84 Å². The van der Waals surface area contributed by atoms with Crippen molar-refractivity contribution in [3.05, 3.63) is 22.9 Å². The van der Waals surface area contributed by atoms with E-state index >= 15 is 0 Å². The molecular weight excluding hydrogens is 290 g/mol. The molecule has 8 heteroatoms. The lowest BCUT2D eigenvalue weighted by atomic mass is 10.1. The fourth-order valence-electron chi connectivity index (χ4n) is 2.61. The smallest absolute Gasteiger partial charge is 0.211 e. The zero-order chi connectivity index (χ0) is 15.8. The van der Waals surface area contributed by atoms with E-state index in [1.807, 2.05) is 24.8 Å². The van der Waals surface area contributed by atoms with E-state index in [1.165, 1.54) is 10.6 Å². The van der Waals surface area contributed by atoms with Gasteiger partial charge in [-0.1, -0.05) is 0 Å². The Hall–Kier alpha value is -1.67. The van der Waals surface area contributed by atoms with Crippen molar-refractivity contribution in [2.45, 2.75) is 13.8 Å². The van der Waals surface area contributed by atoms with Gasteiger partial charge in [-0.25, -0.2) is 13.4 Å². The second-order valence-corrected chi connectivity index (χ2v) is 7.32. The number of aromatic nitrogens is 1. The van der Waals surface area contributed by atoms with Crippen LogP contribution >= 0.6 is 0 Å². The molecule has 2 heterocycles. The molecule has 7 nitrogen and oxygen atoms in total. The highest BCUT2D eigenvalue weighted by Gasteiger charge is 2.26. The van der Waals surface area contributed by atoms with E-state index in [9.17, 15) is 8.42 Å². The maximum atomic E-state index is 11.6. The van der Waals surface area contributed by atoms with Crippen molar-refractivity contribution < 1.29 is 8.42 Å². The fourth-order valence-corrected chi connectivity index (χ4v) is 3.44. The molecule has 0 spiro atoms. The Morgan fingerprint density at radius 1 is 1.29 bits per heavy atom. The minimum atomic E-state index is -3.15. The number of nitrogens with zero attached hydrogens (tertiary/aromatic N) is 3. The molecule has 0 atom stereocenters. The first kappa shape index (κ1) is 15.7. The van der Waals surface area contributed by atoms with E-state index in [0.717, 1.165) is 11.3 Å². The predicted molar refractivity (Wildman–Crippen MR) is 83.4 cm³/mol. The van der Waals surface area contributed by atoms with Crippen LogP contribution in [-0.2, 0) is 10.0 Å². The second-order valence-electron chi connectivity index (χ2n) is 5.34. The summed E-state index contributed by atoms with van der Waals surface area (Å²) >= 11 is 0. The van der Waals surface area contributed by atoms with Crippen LogP contribution in [0.4, 0.5) is 5.82 Å². The molecule has 0 saturated carbocycles.